The van der Waals surface area contributed by atoms with Crippen LogP contribution in [0.5, 0.6) is 0 Å². The topological polar surface area (TPSA) is 55.8 Å². The number of nitrogens with zero attached hydrogens (tertiary/aromatic N) is 1. The van der Waals surface area contributed by atoms with Gasteiger partial charge in [0.2, 0.25) is 0 Å². The summed E-state index contributed by atoms with van der Waals surface area (Å²) in [6, 6.07) is 13.3. The molecule has 2 aromatic carbocycles. The number of esters is 1. The summed E-state index contributed by atoms with van der Waals surface area (Å²) in [4.78, 5) is 25.6. The average Bonchev–Trinajstić information content (AvgIpc) is 3.03. The second kappa shape index (κ2) is 6.83. The molecule has 0 fully saturated rings. The zero-order valence-corrected chi connectivity index (χ0v) is 15.5. The van der Waals surface area contributed by atoms with Crippen LogP contribution >= 0.6 is 0 Å². The van der Waals surface area contributed by atoms with E-state index in [0.29, 0.717) is 12.1 Å². The Balaban J connectivity index is 1.82. The fraction of sp³-hybridized carbons (Fsp3) is 0.333. The molecule has 5 heteroatoms. The lowest BCUT2D eigenvalue weighted by atomic mass is 10.0. The fourth-order valence-corrected chi connectivity index (χ4v) is 3.00. The molecule has 0 N–H and O–H groups in total. The molecule has 3 rings (SSSR count). The number of amides is 1. The molecule has 1 aliphatic heterocycles. The molecule has 1 aliphatic rings. The van der Waals surface area contributed by atoms with Crippen molar-refractivity contribution < 1.29 is 19.1 Å². The molecule has 0 saturated carbocycles. The largest absolute Gasteiger partial charge is 0.465 e. The third-order valence-electron chi connectivity index (χ3n) is 4.23. The lowest BCUT2D eigenvalue weighted by Crippen LogP contribution is -2.35. The van der Waals surface area contributed by atoms with Crippen molar-refractivity contribution in [3.63, 3.8) is 0 Å². The van der Waals surface area contributed by atoms with E-state index in [1.165, 1.54) is 7.11 Å². The van der Waals surface area contributed by atoms with Crippen LogP contribution < -0.4 is 4.90 Å². The summed E-state index contributed by atoms with van der Waals surface area (Å²) >= 11 is 0. The minimum absolute atomic E-state index is 0.313. The Morgan fingerprint density at radius 1 is 1.00 bits per heavy atom. The summed E-state index contributed by atoms with van der Waals surface area (Å²) in [6.07, 6.45) is 0.481. The standard InChI is InChI=1S/C21H23NO4/c1-21(2,3)26-20(24)22-12-11-17-13-16(9-10-18(17)22)14-5-7-15(8-6-14)19(23)25-4/h5-10,13H,11-12H2,1-4H3. The van der Waals surface area contributed by atoms with Crippen molar-refractivity contribution in [1.29, 1.82) is 0 Å². The number of carbonyl (C=O) groups is 2. The van der Waals surface area contributed by atoms with E-state index in [9.17, 15) is 9.59 Å². The van der Waals surface area contributed by atoms with Gasteiger partial charge in [-0.05, 0) is 68.1 Å². The molecule has 0 aliphatic carbocycles. The van der Waals surface area contributed by atoms with E-state index in [2.05, 4.69) is 6.07 Å². The van der Waals surface area contributed by atoms with Gasteiger partial charge in [0, 0.05) is 6.54 Å². The van der Waals surface area contributed by atoms with Gasteiger partial charge in [0.15, 0.2) is 0 Å². The van der Waals surface area contributed by atoms with Crippen molar-refractivity contribution >= 4 is 17.7 Å². The van der Waals surface area contributed by atoms with Crippen molar-refractivity contribution in [2.45, 2.75) is 32.8 Å². The molecule has 2 aromatic rings. The first-order valence-corrected chi connectivity index (χ1v) is 8.61. The minimum atomic E-state index is -0.513. The van der Waals surface area contributed by atoms with Crippen LogP contribution in [0.2, 0.25) is 0 Å². The Hall–Kier alpha value is -2.82. The van der Waals surface area contributed by atoms with Crippen LogP contribution in [0.4, 0.5) is 10.5 Å². The minimum Gasteiger partial charge on any atom is -0.465 e. The predicted octanol–water partition coefficient (Wildman–Crippen LogP) is 4.44. The zero-order chi connectivity index (χ0) is 18.9. The maximum atomic E-state index is 12.4. The molecule has 1 amide bonds. The van der Waals surface area contributed by atoms with Crippen molar-refractivity contribution in [3.05, 3.63) is 53.6 Å². The van der Waals surface area contributed by atoms with Gasteiger partial charge in [0.1, 0.15) is 5.60 Å². The number of fused-ring (bicyclic) bond motifs is 1. The normalized spacial score (nSPS) is 13.3. The van der Waals surface area contributed by atoms with E-state index in [1.807, 2.05) is 45.0 Å². The van der Waals surface area contributed by atoms with Crippen molar-refractivity contribution in [3.8, 4) is 11.1 Å². The zero-order valence-electron chi connectivity index (χ0n) is 15.5. The molecule has 26 heavy (non-hydrogen) atoms. The monoisotopic (exact) mass is 353 g/mol. The predicted molar refractivity (Wildman–Crippen MR) is 101 cm³/mol. The van der Waals surface area contributed by atoms with Gasteiger partial charge in [-0.25, -0.2) is 9.59 Å². The Labute approximate surface area is 153 Å². The van der Waals surface area contributed by atoms with E-state index in [1.54, 1.807) is 17.0 Å². The Kier molecular flexibility index (Phi) is 4.72. The molecule has 0 saturated heterocycles. The van der Waals surface area contributed by atoms with E-state index in [4.69, 9.17) is 9.47 Å². The highest BCUT2D eigenvalue weighted by atomic mass is 16.6. The first kappa shape index (κ1) is 18.0. The smallest absolute Gasteiger partial charge is 0.414 e. The van der Waals surface area contributed by atoms with Crippen molar-refractivity contribution in [2.24, 2.45) is 0 Å². The van der Waals surface area contributed by atoms with Crippen LogP contribution in [-0.2, 0) is 15.9 Å². The van der Waals surface area contributed by atoms with E-state index in [0.717, 1.165) is 28.8 Å². The molecule has 1 heterocycles. The van der Waals surface area contributed by atoms with E-state index < -0.39 is 5.60 Å². The maximum Gasteiger partial charge on any atom is 0.414 e. The second-order valence-corrected chi connectivity index (χ2v) is 7.29. The van der Waals surface area contributed by atoms with Gasteiger partial charge in [0.05, 0.1) is 18.4 Å². The second-order valence-electron chi connectivity index (χ2n) is 7.29. The highest BCUT2D eigenvalue weighted by Crippen LogP contribution is 2.33. The quantitative estimate of drug-likeness (QED) is 0.749. The summed E-state index contributed by atoms with van der Waals surface area (Å²) in [5, 5.41) is 0. The van der Waals surface area contributed by atoms with Crippen LogP contribution in [-0.4, -0.2) is 31.3 Å². The van der Waals surface area contributed by atoms with Crippen LogP contribution in [0, 0.1) is 0 Å². The van der Waals surface area contributed by atoms with Gasteiger partial charge >= 0.3 is 12.1 Å². The van der Waals surface area contributed by atoms with Gasteiger partial charge in [-0.3, -0.25) is 4.90 Å². The van der Waals surface area contributed by atoms with Gasteiger partial charge in [0.25, 0.3) is 0 Å². The number of methoxy groups -OCH3 is 1. The molecule has 0 radical (unpaired) electrons. The molecule has 0 spiro atoms. The van der Waals surface area contributed by atoms with Crippen LogP contribution in [0.15, 0.2) is 42.5 Å². The summed E-state index contributed by atoms with van der Waals surface area (Å²) in [5.41, 5.74) is 4.08. The molecular formula is C21H23NO4. The third kappa shape index (κ3) is 3.72. The maximum absolute atomic E-state index is 12.4. The third-order valence-corrected chi connectivity index (χ3v) is 4.23. The number of anilines is 1. The van der Waals surface area contributed by atoms with Crippen molar-refractivity contribution in [2.75, 3.05) is 18.6 Å². The van der Waals surface area contributed by atoms with Gasteiger partial charge in [-0.2, -0.15) is 0 Å². The van der Waals surface area contributed by atoms with Crippen LogP contribution in [0.3, 0.4) is 0 Å². The summed E-state index contributed by atoms with van der Waals surface area (Å²) in [7, 11) is 1.37. The van der Waals surface area contributed by atoms with E-state index in [-0.39, 0.29) is 12.1 Å². The number of carbonyl (C=O) groups excluding carboxylic acids is 2. The Morgan fingerprint density at radius 3 is 2.27 bits per heavy atom. The first-order chi connectivity index (χ1) is 12.3. The fourth-order valence-electron chi connectivity index (χ4n) is 3.00. The van der Waals surface area contributed by atoms with Gasteiger partial charge in [-0.1, -0.05) is 18.2 Å². The van der Waals surface area contributed by atoms with Crippen molar-refractivity contribution in [1.82, 2.24) is 0 Å². The van der Waals surface area contributed by atoms with Gasteiger partial charge in [-0.15, -0.1) is 0 Å². The van der Waals surface area contributed by atoms with Gasteiger partial charge < -0.3 is 9.47 Å². The molecule has 0 bridgehead atoms. The summed E-state index contributed by atoms with van der Waals surface area (Å²) in [5.74, 6) is -0.349. The molecule has 5 nitrogen and oxygen atoms in total. The highest BCUT2D eigenvalue weighted by Gasteiger charge is 2.29. The first-order valence-electron chi connectivity index (χ1n) is 8.61. The lowest BCUT2D eigenvalue weighted by molar-refractivity contribution is 0.0579. The number of benzene rings is 2. The number of rotatable bonds is 2. The Bertz CT molecular complexity index is 834. The SMILES string of the molecule is COC(=O)c1ccc(-c2ccc3c(c2)CCN3C(=O)OC(C)(C)C)cc1. The molecular weight excluding hydrogens is 330 g/mol. The molecule has 136 valence electrons. The van der Waals surface area contributed by atoms with Crippen LogP contribution in [0.25, 0.3) is 11.1 Å². The molecule has 0 atom stereocenters. The summed E-state index contributed by atoms with van der Waals surface area (Å²) in [6.45, 7) is 6.21. The highest BCUT2D eigenvalue weighted by molar-refractivity contribution is 5.92. The Morgan fingerprint density at radius 2 is 1.65 bits per heavy atom. The summed E-state index contributed by atoms with van der Waals surface area (Å²) < 4.78 is 10.2. The molecule has 0 aromatic heterocycles. The molecule has 0 unspecified atom stereocenters. The van der Waals surface area contributed by atoms with E-state index >= 15 is 0 Å². The number of hydrogen-bond donors (Lipinski definition) is 0. The number of ether oxygens (including phenoxy) is 2. The average molecular weight is 353 g/mol. The lowest BCUT2D eigenvalue weighted by Gasteiger charge is -2.24. The van der Waals surface area contributed by atoms with Crippen LogP contribution in [0.1, 0.15) is 36.7 Å². The number of hydrogen-bond acceptors (Lipinski definition) is 4.